The molecule has 29 heavy (non-hydrogen) atoms. The SMILES string of the molecule is Cc1cccc(OCC(=O)N/N=C/c2cccc(OC(=O)c3cccs3)c2)c1C. The number of amides is 1. The molecule has 3 aromatic rings. The molecule has 0 atom stereocenters. The van der Waals surface area contributed by atoms with Crippen LogP contribution in [0.3, 0.4) is 0 Å². The van der Waals surface area contributed by atoms with Gasteiger partial charge in [0.05, 0.1) is 6.21 Å². The van der Waals surface area contributed by atoms with Gasteiger partial charge in [0.1, 0.15) is 16.4 Å². The first-order valence-electron chi connectivity index (χ1n) is 8.89. The number of esters is 1. The third-order valence-corrected chi connectivity index (χ3v) is 4.96. The lowest BCUT2D eigenvalue weighted by atomic mass is 10.1. The Morgan fingerprint density at radius 1 is 1.10 bits per heavy atom. The summed E-state index contributed by atoms with van der Waals surface area (Å²) >= 11 is 1.32. The van der Waals surface area contributed by atoms with Gasteiger partial charge in [-0.15, -0.1) is 11.3 Å². The number of hydrogen-bond donors (Lipinski definition) is 1. The number of carbonyl (C=O) groups excluding carboxylic acids is 2. The van der Waals surface area contributed by atoms with E-state index in [1.54, 1.807) is 36.4 Å². The maximum absolute atomic E-state index is 12.0. The number of nitrogens with zero attached hydrogens (tertiary/aromatic N) is 1. The van der Waals surface area contributed by atoms with Gasteiger partial charge in [-0.2, -0.15) is 5.10 Å². The quantitative estimate of drug-likeness (QED) is 0.276. The molecule has 1 aromatic heterocycles. The molecule has 0 aliphatic rings. The van der Waals surface area contributed by atoms with Crippen molar-refractivity contribution in [1.29, 1.82) is 0 Å². The van der Waals surface area contributed by atoms with E-state index in [1.807, 2.05) is 37.4 Å². The normalized spacial score (nSPS) is 10.7. The van der Waals surface area contributed by atoms with Gasteiger partial charge in [0.2, 0.25) is 0 Å². The van der Waals surface area contributed by atoms with Gasteiger partial charge in [-0.05, 0) is 60.2 Å². The summed E-state index contributed by atoms with van der Waals surface area (Å²) in [6.45, 7) is 3.79. The zero-order valence-corrected chi connectivity index (χ0v) is 16.9. The number of hydrogen-bond acceptors (Lipinski definition) is 6. The molecular weight excluding hydrogens is 388 g/mol. The first-order valence-corrected chi connectivity index (χ1v) is 9.77. The van der Waals surface area contributed by atoms with Crippen molar-refractivity contribution >= 4 is 29.4 Å². The van der Waals surface area contributed by atoms with Crippen LogP contribution in [0.1, 0.15) is 26.4 Å². The number of nitrogens with one attached hydrogen (secondary N) is 1. The molecular formula is C22H20N2O4S. The summed E-state index contributed by atoms with van der Waals surface area (Å²) in [5, 5.41) is 5.73. The number of carbonyl (C=O) groups is 2. The highest BCUT2D eigenvalue weighted by atomic mass is 32.1. The van der Waals surface area contributed by atoms with Crippen molar-refractivity contribution in [2.24, 2.45) is 5.10 Å². The standard InChI is InChI=1S/C22H20N2O4S/c1-15-6-3-9-19(16(15)2)27-14-21(25)24-23-13-17-7-4-8-18(12-17)28-22(26)20-10-5-11-29-20/h3-13H,14H2,1-2H3,(H,24,25)/b23-13+. The van der Waals surface area contributed by atoms with E-state index in [1.165, 1.54) is 17.6 Å². The second-order valence-corrected chi connectivity index (χ2v) is 7.17. The molecule has 1 heterocycles. The fourth-order valence-electron chi connectivity index (χ4n) is 2.45. The molecule has 6 nitrogen and oxygen atoms in total. The highest BCUT2D eigenvalue weighted by Crippen LogP contribution is 2.20. The largest absolute Gasteiger partial charge is 0.483 e. The molecule has 0 fully saturated rings. The molecule has 7 heteroatoms. The van der Waals surface area contributed by atoms with Gasteiger partial charge in [-0.25, -0.2) is 10.2 Å². The summed E-state index contributed by atoms with van der Waals surface area (Å²) in [5.74, 6) is 0.287. The zero-order valence-electron chi connectivity index (χ0n) is 16.0. The summed E-state index contributed by atoms with van der Waals surface area (Å²) < 4.78 is 10.9. The average molecular weight is 408 g/mol. The summed E-state index contributed by atoms with van der Waals surface area (Å²) in [7, 11) is 0. The number of hydrazone groups is 1. The van der Waals surface area contributed by atoms with Gasteiger partial charge in [-0.3, -0.25) is 4.79 Å². The smallest absolute Gasteiger partial charge is 0.353 e. The predicted octanol–water partition coefficient (Wildman–Crippen LogP) is 4.11. The number of rotatable bonds is 7. The Labute approximate surface area is 172 Å². The lowest BCUT2D eigenvalue weighted by Gasteiger charge is -2.09. The molecule has 0 aliphatic heterocycles. The second kappa shape index (κ2) is 9.66. The Kier molecular flexibility index (Phi) is 6.76. The van der Waals surface area contributed by atoms with Crippen LogP contribution in [0.4, 0.5) is 0 Å². The van der Waals surface area contributed by atoms with E-state index in [4.69, 9.17) is 9.47 Å². The molecule has 0 spiro atoms. The number of ether oxygens (including phenoxy) is 2. The molecule has 0 aliphatic carbocycles. The van der Waals surface area contributed by atoms with E-state index in [2.05, 4.69) is 10.5 Å². The van der Waals surface area contributed by atoms with E-state index in [0.717, 1.165) is 11.1 Å². The molecule has 0 saturated heterocycles. The maximum atomic E-state index is 12.0. The molecule has 3 rings (SSSR count). The van der Waals surface area contributed by atoms with Crippen LogP contribution in [0, 0.1) is 13.8 Å². The molecule has 0 saturated carbocycles. The molecule has 0 bridgehead atoms. The van der Waals surface area contributed by atoms with Crippen molar-refractivity contribution < 1.29 is 19.1 Å². The van der Waals surface area contributed by atoms with Crippen LogP contribution in [0.25, 0.3) is 0 Å². The molecule has 2 aromatic carbocycles. The highest BCUT2D eigenvalue weighted by Gasteiger charge is 2.09. The first-order chi connectivity index (χ1) is 14.0. The summed E-state index contributed by atoms with van der Waals surface area (Å²) in [5.41, 5.74) is 5.19. The lowest BCUT2D eigenvalue weighted by Crippen LogP contribution is -2.24. The van der Waals surface area contributed by atoms with Gasteiger partial charge in [-0.1, -0.05) is 30.3 Å². The van der Waals surface area contributed by atoms with E-state index in [0.29, 0.717) is 21.9 Å². The minimum absolute atomic E-state index is 0.139. The van der Waals surface area contributed by atoms with Crippen molar-refractivity contribution in [3.63, 3.8) is 0 Å². The number of aryl methyl sites for hydroxylation is 1. The minimum atomic E-state index is -0.411. The van der Waals surface area contributed by atoms with Gasteiger partial charge in [0, 0.05) is 0 Å². The van der Waals surface area contributed by atoms with Crippen LogP contribution in [0.15, 0.2) is 65.1 Å². The van der Waals surface area contributed by atoms with Crippen molar-refractivity contribution in [3.05, 3.63) is 81.5 Å². The number of thiophene rings is 1. The third kappa shape index (κ3) is 5.76. The fraction of sp³-hybridized carbons (Fsp3) is 0.136. The molecule has 0 radical (unpaired) electrons. The minimum Gasteiger partial charge on any atom is -0.483 e. The average Bonchev–Trinajstić information content (AvgIpc) is 3.24. The van der Waals surface area contributed by atoms with E-state index >= 15 is 0 Å². The van der Waals surface area contributed by atoms with Crippen molar-refractivity contribution in [2.75, 3.05) is 6.61 Å². The van der Waals surface area contributed by atoms with Gasteiger partial charge in [0.25, 0.3) is 5.91 Å². The van der Waals surface area contributed by atoms with Crippen LogP contribution in [-0.2, 0) is 4.79 Å². The summed E-state index contributed by atoms with van der Waals surface area (Å²) in [6.07, 6.45) is 1.47. The van der Waals surface area contributed by atoms with Crippen LogP contribution in [0.2, 0.25) is 0 Å². The Morgan fingerprint density at radius 2 is 1.93 bits per heavy atom. The molecule has 148 valence electrons. The van der Waals surface area contributed by atoms with E-state index in [-0.39, 0.29) is 12.5 Å². The first kappa shape index (κ1) is 20.3. The molecule has 1 amide bonds. The Hall–Kier alpha value is -3.45. The Bertz CT molecular complexity index is 1030. The lowest BCUT2D eigenvalue weighted by molar-refractivity contribution is -0.123. The monoisotopic (exact) mass is 408 g/mol. The van der Waals surface area contributed by atoms with Crippen LogP contribution in [-0.4, -0.2) is 24.7 Å². The molecule has 1 N–H and O–H groups in total. The van der Waals surface area contributed by atoms with Gasteiger partial charge in [0.15, 0.2) is 6.61 Å². The predicted molar refractivity (Wildman–Crippen MR) is 113 cm³/mol. The van der Waals surface area contributed by atoms with Gasteiger partial charge >= 0.3 is 5.97 Å². The van der Waals surface area contributed by atoms with Gasteiger partial charge < -0.3 is 9.47 Å². The van der Waals surface area contributed by atoms with Crippen molar-refractivity contribution in [1.82, 2.24) is 5.43 Å². The van der Waals surface area contributed by atoms with Crippen molar-refractivity contribution in [3.8, 4) is 11.5 Å². The van der Waals surface area contributed by atoms with Crippen molar-refractivity contribution in [2.45, 2.75) is 13.8 Å². The highest BCUT2D eigenvalue weighted by molar-refractivity contribution is 7.12. The van der Waals surface area contributed by atoms with Crippen LogP contribution < -0.4 is 14.9 Å². The third-order valence-electron chi connectivity index (χ3n) is 4.11. The van der Waals surface area contributed by atoms with Crippen LogP contribution in [0.5, 0.6) is 11.5 Å². The topological polar surface area (TPSA) is 77.0 Å². The second-order valence-electron chi connectivity index (χ2n) is 6.22. The Morgan fingerprint density at radius 3 is 2.72 bits per heavy atom. The fourth-order valence-corrected chi connectivity index (χ4v) is 3.04. The Balaban J connectivity index is 1.51. The zero-order chi connectivity index (χ0) is 20.6. The van der Waals surface area contributed by atoms with Crippen LogP contribution >= 0.6 is 11.3 Å². The maximum Gasteiger partial charge on any atom is 0.353 e. The number of benzene rings is 2. The summed E-state index contributed by atoms with van der Waals surface area (Å²) in [4.78, 5) is 24.5. The summed E-state index contributed by atoms with van der Waals surface area (Å²) in [6, 6.07) is 16.0. The van der Waals surface area contributed by atoms with E-state index < -0.39 is 5.97 Å². The van der Waals surface area contributed by atoms with E-state index in [9.17, 15) is 9.59 Å². The molecule has 0 unspecified atom stereocenters.